The van der Waals surface area contributed by atoms with Crippen molar-refractivity contribution in [1.82, 2.24) is 4.98 Å². The van der Waals surface area contributed by atoms with Gasteiger partial charge in [-0.15, -0.1) is 0 Å². The van der Waals surface area contributed by atoms with Crippen LogP contribution in [0.3, 0.4) is 0 Å². The van der Waals surface area contributed by atoms with Crippen LogP contribution in [0.25, 0.3) is 10.9 Å². The molecule has 1 saturated carbocycles. The molecule has 0 bridgehead atoms. The van der Waals surface area contributed by atoms with Gasteiger partial charge in [0.2, 0.25) is 0 Å². The second kappa shape index (κ2) is 5.61. The minimum Gasteiger partial charge on any atom is -0.381 e. The summed E-state index contributed by atoms with van der Waals surface area (Å²) in [7, 11) is 0. The first-order chi connectivity index (χ1) is 9.65. The molecule has 1 aliphatic carbocycles. The number of nitrogens with zero attached hydrogens (tertiary/aromatic N) is 1. The molecule has 0 aliphatic heterocycles. The van der Waals surface area contributed by atoms with Crippen LogP contribution in [0.2, 0.25) is 5.02 Å². The molecule has 1 aromatic carbocycles. The van der Waals surface area contributed by atoms with Crippen molar-refractivity contribution in [2.45, 2.75) is 39.2 Å². The first-order valence-electron chi connectivity index (χ1n) is 7.45. The summed E-state index contributed by atoms with van der Waals surface area (Å²) in [5.74, 6) is 1.52. The van der Waals surface area contributed by atoms with Crippen LogP contribution in [-0.2, 0) is 0 Å². The monoisotopic (exact) mass is 288 g/mol. The van der Waals surface area contributed by atoms with E-state index in [1.54, 1.807) is 6.20 Å². The van der Waals surface area contributed by atoms with Gasteiger partial charge in [-0.25, -0.2) is 0 Å². The van der Waals surface area contributed by atoms with Crippen molar-refractivity contribution in [1.29, 1.82) is 0 Å². The molecule has 106 valence electrons. The zero-order valence-corrected chi connectivity index (χ0v) is 12.8. The predicted molar refractivity (Wildman–Crippen MR) is 86.3 cm³/mol. The third-order valence-corrected chi connectivity index (χ3v) is 4.82. The van der Waals surface area contributed by atoms with Gasteiger partial charge in [-0.1, -0.05) is 31.9 Å². The number of rotatable bonds is 2. The largest absolute Gasteiger partial charge is 0.381 e. The molecule has 3 heteroatoms. The number of aromatic nitrogens is 1. The zero-order valence-electron chi connectivity index (χ0n) is 12.1. The summed E-state index contributed by atoms with van der Waals surface area (Å²) >= 11 is 6.23. The normalized spacial score (nSPS) is 26.6. The SMILES string of the molecule is CC1CCC(C)C(Nc2ccc(Cl)c3ncccc23)C1. The average molecular weight is 289 g/mol. The van der Waals surface area contributed by atoms with Crippen LogP contribution in [0.4, 0.5) is 5.69 Å². The number of anilines is 1. The van der Waals surface area contributed by atoms with E-state index in [-0.39, 0.29) is 0 Å². The van der Waals surface area contributed by atoms with Gasteiger partial charge >= 0.3 is 0 Å². The highest BCUT2D eigenvalue weighted by molar-refractivity contribution is 6.35. The predicted octanol–water partition coefficient (Wildman–Crippen LogP) is 5.12. The first-order valence-corrected chi connectivity index (χ1v) is 7.82. The maximum absolute atomic E-state index is 6.23. The van der Waals surface area contributed by atoms with E-state index in [1.807, 2.05) is 12.1 Å². The molecule has 0 spiro atoms. The maximum atomic E-state index is 6.23. The van der Waals surface area contributed by atoms with Gasteiger partial charge in [0.05, 0.1) is 10.5 Å². The van der Waals surface area contributed by atoms with Crippen LogP contribution in [0.15, 0.2) is 30.5 Å². The zero-order chi connectivity index (χ0) is 14.1. The fourth-order valence-electron chi connectivity index (χ4n) is 3.20. The number of hydrogen-bond acceptors (Lipinski definition) is 2. The molecule has 1 aromatic heterocycles. The van der Waals surface area contributed by atoms with Gasteiger partial charge in [-0.05, 0) is 48.9 Å². The second-order valence-electron chi connectivity index (χ2n) is 6.14. The molecule has 2 aromatic rings. The Balaban J connectivity index is 1.93. The number of halogens is 1. The smallest absolute Gasteiger partial charge is 0.0908 e. The summed E-state index contributed by atoms with van der Waals surface area (Å²) < 4.78 is 0. The molecule has 3 unspecified atom stereocenters. The Labute approximate surface area is 125 Å². The minimum absolute atomic E-state index is 0.545. The summed E-state index contributed by atoms with van der Waals surface area (Å²) in [5, 5.41) is 5.57. The van der Waals surface area contributed by atoms with Crippen molar-refractivity contribution in [2.75, 3.05) is 5.32 Å². The number of benzene rings is 1. The molecule has 1 heterocycles. The Morgan fingerprint density at radius 1 is 1.20 bits per heavy atom. The fourth-order valence-corrected chi connectivity index (χ4v) is 3.41. The van der Waals surface area contributed by atoms with E-state index in [9.17, 15) is 0 Å². The van der Waals surface area contributed by atoms with Gasteiger partial charge in [0, 0.05) is 23.3 Å². The molecular weight excluding hydrogens is 268 g/mol. The topological polar surface area (TPSA) is 24.9 Å². The standard InChI is InChI=1S/C17H21ClN2/c1-11-5-6-12(2)16(10-11)20-15-8-7-14(18)17-13(15)4-3-9-19-17/h3-4,7-9,11-12,16,20H,5-6,10H2,1-2H3. The number of hydrogen-bond donors (Lipinski definition) is 1. The van der Waals surface area contributed by atoms with Gasteiger partial charge in [-0.3, -0.25) is 4.98 Å². The first kappa shape index (κ1) is 13.7. The molecule has 1 aliphatic rings. The van der Waals surface area contributed by atoms with Gasteiger partial charge < -0.3 is 5.32 Å². The number of fused-ring (bicyclic) bond motifs is 1. The van der Waals surface area contributed by atoms with Gasteiger partial charge in [0.1, 0.15) is 0 Å². The van der Waals surface area contributed by atoms with E-state index >= 15 is 0 Å². The van der Waals surface area contributed by atoms with E-state index in [2.05, 4.69) is 36.3 Å². The Hall–Kier alpha value is -1.28. The lowest BCUT2D eigenvalue weighted by Crippen LogP contribution is -2.33. The highest BCUT2D eigenvalue weighted by atomic mass is 35.5. The van der Waals surface area contributed by atoms with E-state index in [1.165, 1.54) is 19.3 Å². The molecule has 3 atom stereocenters. The lowest BCUT2D eigenvalue weighted by Gasteiger charge is -2.34. The summed E-state index contributed by atoms with van der Waals surface area (Å²) in [6.45, 7) is 4.70. The van der Waals surface area contributed by atoms with Crippen molar-refractivity contribution < 1.29 is 0 Å². The van der Waals surface area contributed by atoms with Crippen LogP contribution >= 0.6 is 11.6 Å². The van der Waals surface area contributed by atoms with E-state index in [4.69, 9.17) is 11.6 Å². The van der Waals surface area contributed by atoms with Crippen LogP contribution in [0, 0.1) is 11.8 Å². The molecule has 20 heavy (non-hydrogen) atoms. The summed E-state index contributed by atoms with van der Waals surface area (Å²) in [6, 6.07) is 8.63. The van der Waals surface area contributed by atoms with Gasteiger partial charge in [0.15, 0.2) is 0 Å². The minimum atomic E-state index is 0.545. The lowest BCUT2D eigenvalue weighted by molar-refractivity contribution is 0.281. The van der Waals surface area contributed by atoms with Crippen LogP contribution in [-0.4, -0.2) is 11.0 Å². The van der Waals surface area contributed by atoms with Crippen molar-refractivity contribution >= 4 is 28.2 Å². The van der Waals surface area contributed by atoms with Crippen LogP contribution in [0.5, 0.6) is 0 Å². The fraction of sp³-hybridized carbons (Fsp3) is 0.471. The molecule has 1 N–H and O–H groups in total. The highest BCUT2D eigenvalue weighted by Crippen LogP contribution is 2.34. The van der Waals surface area contributed by atoms with Crippen molar-refractivity contribution in [2.24, 2.45) is 11.8 Å². The van der Waals surface area contributed by atoms with Crippen LogP contribution < -0.4 is 5.32 Å². The maximum Gasteiger partial charge on any atom is 0.0908 e. The molecule has 0 saturated heterocycles. The third kappa shape index (κ3) is 2.62. The molecular formula is C17H21ClN2. The van der Waals surface area contributed by atoms with Crippen molar-refractivity contribution in [3.63, 3.8) is 0 Å². The van der Waals surface area contributed by atoms with Crippen molar-refractivity contribution in [3.8, 4) is 0 Å². The molecule has 0 amide bonds. The lowest BCUT2D eigenvalue weighted by atomic mass is 9.80. The number of pyridine rings is 1. The van der Waals surface area contributed by atoms with E-state index in [0.717, 1.165) is 27.5 Å². The molecule has 2 nitrogen and oxygen atoms in total. The summed E-state index contributed by atoms with van der Waals surface area (Å²) in [6.07, 6.45) is 5.69. The number of nitrogens with one attached hydrogen (secondary N) is 1. The summed E-state index contributed by atoms with van der Waals surface area (Å²) in [5.41, 5.74) is 2.04. The van der Waals surface area contributed by atoms with E-state index < -0.39 is 0 Å². The highest BCUT2D eigenvalue weighted by Gasteiger charge is 2.25. The quantitative estimate of drug-likeness (QED) is 0.829. The van der Waals surface area contributed by atoms with Crippen LogP contribution in [0.1, 0.15) is 33.1 Å². The van der Waals surface area contributed by atoms with Gasteiger partial charge in [0.25, 0.3) is 0 Å². The molecule has 3 rings (SSSR count). The Morgan fingerprint density at radius 3 is 2.90 bits per heavy atom. The Kier molecular flexibility index (Phi) is 3.84. The Morgan fingerprint density at radius 2 is 2.05 bits per heavy atom. The third-order valence-electron chi connectivity index (χ3n) is 4.52. The summed E-state index contributed by atoms with van der Waals surface area (Å²) in [4.78, 5) is 4.40. The van der Waals surface area contributed by atoms with Gasteiger partial charge in [-0.2, -0.15) is 0 Å². The molecule has 1 fully saturated rings. The second-order valence-corrected chi connectivity index (χ2v) is 6.55. The van der Waals surface area contributed by atoms with Crippen molar-refractivity contribution in [3.05, 3.63) is 35.5 Å². The average Bonchev–Trinajstić information content (AvgIpc) is 2.46. The Bertz CT molecular complexity index is 611. The molecule has 0 radical (unpaired) electrons. The van der Waals surface area contributed by atoms with E-state index in [0.29, 0.717) is 12.0 Å².